The predicted molar refractivity (Wildman–Crippen MR) is 117 cm³/mol. The fourth-order valence-electron chi connectivity index (χ4n) is 3.40. The number of benzene rings is 2. The van der Waals surface area contributed by atoms with Crippen LogP contribution in [0.3, 0.4) is 0 Å². The van der Waals surface area contributed by atoms with Crippen LogP contribution in [0.4, 0.5) is 0 Å². The second-order valence-corrected chi connectivity index (χ2v) is 8.56. The second kappa shape index (κ2) is 9.49. The fourth-order valence-corrected chi connectivity index (χ4v) is 4.61. The van der Waals surface area contributed by atoms with Gasteiger partial charge in [-0.2, -0.15) is 4.68 Å². The van der Waals surface area contributed by atoms with E-state index in [0.717, 1.165) is 12.8 Å². The summed E-state index contributed by atoms with van der Waals surface area (Å²) in [6.45, 7) is 0.384. The quantitative estimate of drug-likeness (QED) is 0.540. The number of hydrogen-bond donors (Lipinski definition) is 0. The molecule has 10 heteroatoms. The summed E-state index contributed by atoms with van der Waals surface area (Å²) in [4.78, 5) is 27.6. The largest absolute Gasteiger partial charge is 0.494 e. The molecule has 8 nitrogen and oxygen atoms in total. The first-order chi connectivity index (χ1) is 15.1. The number of imide groups is 1. The number of carbonyl (C=O) groups is 2. The first kappa shape index (κ1) is 21.3. The van der Waals surface area contributed by atoms with E-state index in [-0.39, 0.29) is 11.8 Å². The molecule has 1 aliphatic rings. The smallest absolute Gasteiger partial charge is 0.260 e. The number of amides is 2. The molecule has 1 atom stereocenters. The Labute approximate surface area is 188 Å². The van der Waals surface area contributed by atoms with Gasteiger partial charge in [0.15, 0.2) is 0 Å². The van der Waals surface area contributed by atoms with Crippen molar-refractivity contribution in [1.29, 1.82) is 0 Å². The van der Waals surface area contributed by atoms with E-state index in [4.69, 9.17) is 16.3 Å². The summed E-state index contributed by atoms with van der Waals surface area (Å²) in [6, 6.07) is 13.9. The highest BCUT2D eigenvalue weighted by Crippen LogP contribution is 2.32. The van der Waals surface area contributed by atoms with E-state index >= 15 is 0 Å². The van der Waals surface area contributed by atoms with E-state index in [0.29, 0.717) is 40.1 Å². The van der Waals surface area contributed by atoms with E-state index in [2.05, 4.69) is 15.5 Å². The van der Waals surface area contributed by atoms with Crippen molar-refractivity contribution in [3.8, 4) is 11.4 Å². The Kier molecular flexibility index (Phi) is 6.53. The number of nitrogens with zero attached hydrogens (tertiary/aromatic N) is 5. The molecule has 1 unspecified atom stereocenters. The Morgan fingerprint density at radius 2 is 1.94 bits per heavy atom. The van der Waals surface area contributed by atoms with Gasteiger partial charge in [0.25, 0.3) is 5.91 Å². The van der Waals surface area contributed by atoms with Gasteiger partial charge >= 0.3 is 0 Å². The molecule has 160 valence electrons. The summed E-state index contributed by atoms with van der Waals surface area (Å²) in [7, 11) is 1.57. The molecule has 1 fully saturated rings. The van der Waals surface area contributed by atoms with Gasteiger partial charge in [0.1, 0.15) is 11.4 Å². The summed E-state index contributed by atoms with van der Waals surface area (Å²) in [5.41, 5.74) is 1.11. The summed E-state index contributed by atoms with van der Waals surface area (Å²) in [6.07, 6.45) is 2.20. The first-order valence-corrected chi connectivity index (χ1v) is 11.0. The molecule has 2 heterocycles. The van der Waals surface area contributed by atoms with E-state index in [1.54, 1.807) is 36.1 Å². The lowest BCUT2D eigenvalue weighted by molar-refractivity contribution is -0.127. The van der Waals surface area contributed by atoms with Crippen molar-refractivity contribution in [3.63, 3.8) is 0 Å². The average molecular weight is 458 g/mol. The Morgan fingerprint density at radius 1 is 1.16 bits per heavy atom. The maximum Gasteiger partial charge on any atom is 0.260 e. The first-order valence-electron chi connectivity index (χ1n) is 9.78. The molecule has 1 aromatic heterocycles. The fraction of sp³-hybridized carbons (Fsp3) is 0.286. The van der Waals surface area contributed by atoms with Crippen LogP contribution in [-0.2, 0) is 4.79 Å². The number of likely N-dealkylation sites (tertiary alicyclic amines) is 1. The molecule has 0 aliphatic carbocycles. The molecule has 0 N–H and O–H groups in total. The zero-order chi connectivity index (χ0) is 21.8. The van der Waals surface area contributed by atoms with E-state index in [9.17, 15) is 9.59 Å². The van der Waals surface area contributed by atoms with Crippen LogP contribution in [0.25, 0.3) is 5.69 Å². The number of carbonyl (C=O) groups excluding carboxylic acids is 2. The standard InChI is InChI=1S/C21H20ClN5O3S/c1-30-17-7-3-2-6-16(17)27-21(23-24-25-27)31-18-8-4-5-13-26(20(18)29)19(28)14-9-11-15(22)12-10-14/h2-3,6-7,9-12,18H,4-5,8,13H2,1H3. The number of halogens is 1. The second-order valence-electron chi connectivity index (χ2n) is 6.95. The molecular formula is C21H20ClN5O3S. The lowest BCUT2D eigenvalue weighted by Crippen LogP contribution is -2.41. The van der Waals surface area contributed by atoms with Gasteiger partial charge in [0.2, 0.25) is 11.1 Å². The van der Waals surface area contributed by atoms with Crippen LogP contribution in [0.5, 0.6) is 5.75 Å². The van der Waals surface area contributed by atoms with Crippen LogP contribution in [-0.4, -0.2) is 55.8 Å². The van der Waals surface area contributed by atoms with Crippen LogP contribution in [0.1, 0.15) is 29.6 Å². The molecule has 0 spiro atoms. The number of ether oxygens (including phenoxy) is 1. The number of methoxy groups -OCH3 is 1. The van der Waals surface area contributed by atoms with Gasteiger partial charge in [0, 0.05) is 17.1 Å². The van der Waals surface area contributed by atoms with Crippen LogP contribution in [0, 0.1) is 0 Å². The number of aromatic nitrogens is 4. The van der Waals surface area contributed by atoms with Gasteiger partial charge in [-0.25, -0.2) is 0 Å². The number of thioether (sulfide) groups is 1. The van der Waals surface area contributed by atoms with Crippen LogP contribution in [0.15, 0.2) is 53.7 Å². The van der Waals surface area contributed by atoms with Crippen molar-refractivity contribution in [3.05, 3.63) is 59.1 Å². The topological polar surface area (TPSA) is 90.2 Å². The van der Waals surface area contributed by atoms with Gasteiger partial charge < -0.3 is 4.74 Å². The molecule has 4 rings (SSSR count). The van der Waals surface area contributed by atoms with Gasteiger partial charge in [-0.05, 0) is 59.7 Å². The lowest BCUT2D eigenvalue weighted by atomic mass is 10.2. The number of tetrazole rings is 1. The molecule has 3 aromatic rings. The number of rotatable bonds is 5. The Bertz CT molecular complexity index is 1090. The van der Waals surface area contributed by atoms with Crippen molar-refractivity contribution >= 4 is 35.2 Å². The van der Waals surface area contributed by atoms with Crippen LogP contribution < -0.4 is 4.74 Å². The molecule has 0 radical (unpaired) electrons. The Hall–Kier alpha value is -2.91. The average Bonchev–Trinajstić information content (AvgIpc) is 3.17. The van der Waals surface area contributed by atoms with Crippen LogP contribution >= 0.6 is 23.4 Å². The normalized spacial score (nSPS) is 16.8. The minimum atomic E-state index is -0.474. The summed E-state index contributed by atoms with van der Waals surface area (Å²) in [5.74, 6) is 0.0545. The van der Waals surface area contributed by atoms with Gasteiger partial charge in [0.05, 0.1) is 12.4 Å². The predicted octanol–water partition coefficient (Wildman–Crippen LogP) is 3.64. The third-order valence-corrected chi connectivity index (χ3v) is 6.42. The summed E-state index contributed by atoms with van der Waals surface area (Å²) >= 11 is 7.18. The monoisotopic (exact) mass is 457 g/mol. The van der Waals surface area contributed by atoms with Crippen molar-refractivity contribution in [1.82, 2.24) is 25.1 Å². The zero-order valence-corrected chi connectivity index (χ0v) is 18.3. The maximum atomic E-state index is 13.3. The van der Waals surface area contributed by atoms with E-state index < -0.39 is 5.25 Å². The SMILES string of the molecule is COc1ccccc1-n1nnnc1SC1CCCCN(C(=O)c2ccc(Cl)cc2)C1=O. The van der Waals surface area contributed by atoms with Gasteiger partial charge in [-0.1, -0.05) is 41.9 Å². The molecule has 31 heavy (non-hydrogen) atoms. The lowest BCUT2D eigenvalue weighted by Gasteiger charge is -2.22. The minimum Gasteiger partial charge on any atom is -0.494 e. The summed E-state index contributed by atoms with van der Waals surface area (Å²) < 4.78 is 6.95. The molecule has 2 aromatic carbocycles. The molecular weight excluding hydrogens is 438 g/mol. The van der Waals surface area contributed by atoms with E-state index in [1.807, 2.05) is 24.3 Å². The molecule has 1 aliphatic heterocycles. The molecule has 0 bridgehead atoms. The highest BCUT2D eigenvalue weighted by atomic mass is 35.5. The number of para-hydroxylation sites is 2. The highest BCUT2D eigenvalue weighted by molar-refractivity contribution is 8.00. The van der Waals surface area contributed by atoms with Crippen molar-refractivity contribution in [2.75, 3.05) is 13.7 Å². The zero-order valence-electron chi connectivity index (χ0n) is 16.8. The van der Waals surface area contributed by atoms with Crippen molar-refractivity contribution in [2.45, 2.75) is 29.7 Å². The Balaban J connectivity index is 1.58. The highest BCUT2D eigenvalue weighted by Gasteiger charge is 2.33. The maximum absolute atomic E-state index is 13.3. The minimum absolute atomic E-state index is 0.239. The van der Waals surface area contributed by atoms with Crippen LogP contribution in [0.2, 0.25) is 5.02 Å². The Morgan fingerprint density at radius 3 is 2.71 bits per heavy atom. The number of hydrogen-bond acceptors (Lipinski definition) is 7. The van der Waals surface area contributed by atoms with Gasteiger partial charge in [-0.15, -0.1) is 5.10 Å². The molecule has 1 saturated heterocycles. The third kappa shape index (κ3) is 4.57. The van der Waals surface area contributed by atoms with E-state index in [1.165, 1.54) is 16.7 Å². The van der Waals surface area contributed by atoms with Crippen molar-refractivity contribution < 1.29 is 14.3 Å². The molecule has 0 saturated carbocycles. The summed E-state index contributed by atoms with van der Waals surface area (Å²) in [5, 5.41) is 12.5. The van der Waals surface area contributed by atoms with Gasteiger partial charge in [-0.3, -0.25) is 14.5 Å². The van der Waals surface area contributed by atoms with Crippen molar-refractivity contribution in [2.24, 2.45) is 0 Å². The molecule has 2 amide bonds. The third-order valence-electron chi connectivity index (χ3n) is 4.98.